The molecule has 0 radical (unpaired) electrons. The van der Waals surface area contributed by atoms with Gasteiger partial charge in [-0.3, -0.25) is 4.79 Å². The Morgan fingerprint density at radius 2 is 2.11 bits per heavy atom. The third kappa shape index (κ3) is 3.15. The first kappa shape index (κ1) is 14.5. The smallest absolute Gasteiger partial charge is 0.143 e. The molecule has 1 fully saturated rings. The molecule has 1 N–H and O–H groups in total. The van der Waals surface area contributed by atoms with Crippen LogP contribution in [0, 0.1) is 11.2 Å². The van der Waals surface area contributed by atoms with Gasteiger partial charge in [-0.05, 0) is 56.1 Å². The molecule has 1 saturated heterocycles. The second-order valence-corrected chi connectivity index (χ2v) is 5.66. The molecule has 104 valence electrons. The lowest BCUT2D eigenvalue weighted by atomic mass is 9.71. The van der Waals surface area contributed by atoms with Gasteiger partial charge in [0.1, 0.15) is 11.6 Å². The van der Waals surface area contributed by atoms with Gasteiger partial charge >= 0.3 is 0 Å². The lowest BCUT2D eigenvalue weighted by Crippen LogP contribution is -2.42. The van der Waals surface area contributed by atoms with Crippen molar-refractivity contribution in [2.24, 2.45) is 5.41 Å². The Bertz CT molecular complexity index is 469. The average Bonchev–Trinajstić information content (AvgIpc) is 2.43. The molecule has 0 atom stereocenters. The van der Waals surface area contributed by atoms with Crippen LogP contribution in [-0.4, -0.2) is 18.9 Å². The van der Waals surface area contributed by atoms with E-state index < -0.39 is 0 Å². The van der Waals surface area contributed by atoms with Gasteiger partial charge in [0.15, 0.2) is 0 Å². The molecule has 0 amide bonds. The van der Waals surface area contributed by atoms with Gasteiger partial charge in [0.25, 0.3) is 0 Å². The number of hydrogen-bond donors (Lipinski definition) is 1. The minimum atomic E-state index is -0.349. The maximum Gasteiger partial charge on any atom is 0.143 e. The number of piperidine rings is 1. The van der Waals surface area contributed by atoms with Gasteiger partial charge in [0, 0.05) is 16.9 Å². The third-order valence-corrected chi connectivity index (χ3v) is 4.42. The second-order valence-electron chi connectivity index (χ2n) is 5.22. The molecule has 1 heterocycles. The Hall–Kier alpha value is -0.930. The first-order chi connectivity index (χ1) is 9.07. The maximum atomic E-state index is 13.7. The number of rotatable bonds is 4. The Morgan fingerprint density at radius 1 is 1.42 bits per heavy atom. The van der Waals surface area contributed by atoms with E-state index in [0.717, 1.165) is 32.4 Å². The Labute approximate surface area is 118 Å². The van der Waals surface area contributed by atoms with Crippen LogP contribution in [-0.2, 0) is 11.2 Å². The maximum absolute atomic E-state index is 13.7. The van der Waals surface area contributed by atoms with Crippen molar-refractivity contribution in [2.45, 2.75) is 32.6 Å². The summed E-state index contributed by atoms with van der Waals surface area (Å²) < 4.78 is 13.7. The van der Waals surface area contributed by atoms with Crippen LogP contribution in [0.3, 0.4) is 0 Å². The molecule has 4 heteroatoms. The molecule has 1 aliphatic heterocycles. The van der Waals surface area contributed by atoms with Gasteiger partial charge in [-0.2, -0.15) is 0 Å². The molecular formula is C15H19ClFNO. The van der Waals surface area contributed by atoms with Gasteiger partial charge in [0.05, 0.1) is 0 Å². The molecule has 0 unspecified atom stereocenters. The Kier molecular flexibility index (Phi) is 4.58. The van der Waals surface area contributed by atoms with Crippen molar-refractivity contribution in [3.63, 3.8) is 0 Å². The lowest BCUT2D eigenvalue weighted by Gasteiger charge is -2.35. The number of carbonyl (C=O) groups excluding carboxylic acids is 1. The highest BCUT2D eigenvalue weighted by molar-refractivity contribution is 6.30. The van der Waals surface area contributed by atoms with E-state index >= 15 is 0 Å². The number of carbonyl (C=O) groups is 1. The topological polar surface area (TPSA) is 29.1 Å². The summed E-state index contributed by atoms with van der Waals surface area (Å²) in [6.07, 6.45) is 2.63. The molecule has 1 aromatic carbocycles. The van der Waals surface area contributed by atoms with E-state index in [1.165, 1.54) is 12.1 Å². The quantitative estimate of drug-likeness (QED) is 0.918. The zero-order valence-electron chi connectivity index (χ0n) is 11.1. The molecular weight excluding hydrogens is 265 g/mol. The SMILES string of the molecule is CCC1(C(=O)Cc2cc(Cl)ccc2F)CCNCC1. The molecule has 0 aromatic heterocycles. The van der Waals surface area contributed by atoms with E-state index in [-0.39, 0.29) is 23.4 Å². The lowest BCUT2D eigenvalue weighted by molar-refractivity contribution is -0.129. The van der Waals surface area contributed by atoms with Crippen LogP contribution in [0.1, 0.15) is 31.7 Å². The van der Waals surface area contributed by atoms with Crippen molar-refractivity contribution in [2.75, 3.05) is 13.1 Å². The summed E-state index contributed by atoms with van der Waals surface area (Å²) >= 11 is 5.87. The predicted octanol–water partition coefficient (Wildman–Crippen LogP) is 3.37. The number of nitrogens with one attached hydrogen (secondary N) is 1. The summed E-state index contributed by atoms with van der Waals surface area (Å²) in [5, 5.41) is 3.74. The fourth-order valence-electron chi connectivity index (χ4n) is 2.77. The van der Waals surface area contributed by atoms with Crippen molar-refractivity contribution >= 4 is 17.4 Å². The van der Waals surface area contributed by atoms with Crippen molar-refractivity contribution < 1.29 is 9.18 Å². The molecule has 0 aliphatic carbocycles. The van der Waals surface area contributed by atoms with Gasteiger partial charge in [-0.25, -0.2) is 4.39 Å². The molecule has 0 bridgehead atoms. The molecule has 0 spiro atoms. The highest BCUT2D eigenvalue weighted by Crippen LogP contribution is 2.35. The average molecular weight is 284 g/mol. The van der Waals surface area contributed by atoms with Crippen LogP contribution in [0.25, 0.3) is 0 Å². The van der Waals surface area contributed by atoms with Crippen LogP contribution in [0.15, 0.2) is 18.2 Å². The summed E-state index contributed by atoms with van der Waals surface area (Å²) in [6.45, 7) is 3.76. The van der Waals surface area contributed by atoms with Gasteiger partial charge < -0.3 is 5.32 Å². The van der Waals surface area contributed by atoms with Crippen molar-refractivity contribution in [1.29, 1.82) is 0 Å². The predicted molar refractivity (Wildman–Crippen MR) is 74.9 cm³/mol. The van der Waals surface area contributed by atoms with Crippen LogP contribution in [0.5, 0.6) is 0 Å². The van der Waals surface area contributed by atoms with E-state index in [2.05, 4.69) is 5.32 Å². The molecule has 1 aromatic rings. The number of halogens is 2. The van der Waals surface area contributed by atoms with E-state index in [1.807, 2.05) is 6.92 Å². The van der Waals surface area contributed by atoms with E-state index in [0.29, 0.717) is 10.6 Å². The molecule has 1 aliphatic rings. The summed E-state index contributed by atoms with van der Waals surface area (Å²) in [6, 6.07) is 4.39. The minimum absolute atomic E-state index is 0.137. The second kappa shape index (κ2) is 6.02. The summed E-state index contributed by atoms with van der Waals surface area (Å²) in [5.74, 6) is -0.212. The fraction of sp³-hybridized carbons (Fsp3) is 0.533. The number of benzene rings is 1. The zero-order chi connectivity index (χ0) is 13.9. The first-order valence-corrected chi connectivity index (χ1v) is 7.13. The molecule has 19 heavy (non-hydrogen) atoms. The summed E-state index contributed by atoms with van der Waals surface area (Å²) in [7, 11) is 0. The fourth-order valence-corrected chi connectivity index (χ4v) is 2.97. The first-order valence-electron chi connectivity index (χ1n) is 6.75. The standard InChI is InChI=1S/C15H19ClFNO/c1-2-15(5-7-18-8-6-15)14(19)10-11-9-12(16)3-4-13(11)17/h3-4,9,18H,2,5-8,10H2,1H3. The van der Waals surface area contributed by atoms with Gasteiger partial charge in [-0.1, -0.05) is 18.5 Å². The number of hydrogen-bond acceptors (Lipinski definition) is 2. The monoisotopic (exact) mass is 283 g/mol. The minimum Gasteiger partial charge on any atom is -0.317 e. The van der Waals surface area contributed by atoms with E-state index in [1.54, 1.807) is 6.07 Å². The molecule has 2 nitrogen and oxygen atoms in total. The molecule has 0 saturated carbocycles. The molecule has 2 rings (SSSR count). The van der Waals surface area contributed by atoms with Crippen LogP contribution in [0.2, 0.25) is 5.02 Å². The van der Waals surface area contributed by atoms with Crippen LogP contribution >= 0.6 is 11.6 Å². The normalized spacial score (nSPS) is 18.3. The third-order valence-electron chi connectivity index (χ3n) is 4.19. The van der Waals surface area contributed by atoms with Gasteiger partial charge in [-0.15, -0.1) is 0 Å². The summed E-state index contributed by atoms with van der Waals surface area (Å²) in [5.41, 5.74) is 0.115. The number of ketones is 1. The van der Waals surface area contributed by atoms with E-state index in [9.17, 15) is 9.18 Å². The Balaban J connectivity index is 2.17. The van der Waals surface area contributed by atoms with Crippen LogP contribution < -0.4 is 5.32 Å². The van der Waals surface area contributed by atoms with Crippen LogP contribution in [0.4, 0.5) is 4.39 Å². The summed E-state index contributed by atoms with van der Waals surface area (Å²) in [4.78, 5) is 12.5. The highest BCUT2D eigenvalue weighted by Gasteiger charge is 2.37. The highest BCUT2D eigenvalue weighted by atomic mass is 35.5. The van der Waals surface area contributed by atoms with Gasteiger partial charge in [0.2, 0.25) is 0 Å². The van der Waals surface area contributed by atoms with Crippen molar-refractivity contribution in [1.82, 2.24) is 5.32 Å². The zero-order valence-corrected chi connectivity index (χ0v) is 11.9. The Morgan fingerprint density at radius 3 is 2.74 bits per heavy atom. The number of Topliss-reactive ketones (excluding diaryl/α,β-unsaturated/α-hetero) is 1. The van der Waals surface area contributed by atoms with Crippen molar-refractivity contribution in [3.8, 4) is 0 Å². The van der Waals surface area contributed by atoms with E-state index in [4.69, 9.17) is 11.6 Å². The van der Waals surface area contributed by atoms with Crippen molar-refractivity contribution in [3.05, 3.63) is 34.6 Å². The largest absolute Gasteiger partial charge is 0.317 e.